The average Bonchev–Trinajstić information content (AvgIpc) is 2.47. The van der Waals surface area contributed by atoms with E-state index in [9.17, 15) is 0 Å². The molecule has 1 atom stereocenters. The Balaban J connectivity index is 2.08. The van der Waals surface area contributed by atoms with Crippen LogP contribution in [0.5, 0.6) is 0 Å². The van der Waals surface area contributed by atoms with Crippen LogP contribution < -0.4 is 5.32 Å². The highest BCUT2D eigenvalue weighted by atomic mass is 16.5. The van der Waals surface area contributed by atoms with Crippen molar-refractivity contribution in [3.8, 4) is 0 Å². The van der Waals surface area contributed by atoms with Crippen molar-refractivity contribution in [2.75, 3.05) is 19.0 Å². The van der Waals surface area contributed by atoms with Gasteiger partial charge in [-0.25, -0.2) is 9.97 Å². The van der Waals surface area contributed by atoms with E-state index < -0.39 is 0 Å². The molecule has 4 nitrogen and oxygen atoms in total. The molecule has 0 bridgehead atoms. The molecule has 1 unspecified atom stereocenters. The zero-order valence-corrected chi connectivity index (χ0v) is 12.1. The van der Waals surface area contributed by atoms with Gasteiger partial charge >= 0.3 is 0 Å². The maximum Gasteiger partial charge on any atom is 0.159 e. The minimum Gasteiger partial charge on any atom is -0.373 e. The zero-order chi connectivity index (χ0) is 13.5. The molecule has 4 heteroatoms. The third-order valence-electron chi connectivity index (χ3n) is 3.82. The van der Waals surface area contributed by atoms with Gasteiger partial charge in [-0.2, -0.15) is 0 Å². The van der Waals surface area contributed by atoms with Gasteiger partial charge in [-0.3, -0.25) is 0 Å². The first-order chi connectivity index (χ1) is 9.35. The molecule has 0 aromatic carbocycles. The highest BCUT2D eigenvalue weighted by Crippen LogP contribution is 2.35. The predicted molar refractivity (Wildman–Crippen MR) is 77.1 cm³/mol. The van der Waals surface area contributed by atoms with Crippen molar-refractivity contribution in [3.05, 3.63) is 18.1 Å². The van der Waals surface area contributed by atoms with Crippen LogP contribution in [-0.4, -0.2) is 23.6 Å². The second kappa shape index (κ2) is 7.43. The van der Waals surface area contributed by atoms with E-state index >= 15 is 0 Å². The Morgan fingerprint density at radius 2 is 2.16 bits per heavy atom. The zero-order valence-electron chi connectivity index (χ0n) is 12.1. The molecule has 1 aliphatic carbocycles. The predicted octanol–water partition coefficient (Wildman–Crippen LogP) is 3.57. The van der Waals surface area contributed by atoms with E-state index in [0.717, 1.165) is 24.6 Å². The van der Waals surface area contributed by atoms with Gasteiger partial charge in [-0.1, -0.05) is 26.2 Å². The molecule has 1 saturated carbocycles. The van der Waals surface area contributed by atoms with Gasteiger partial charge in [0, 0.05) is 19.9 Å². The highest BCUT2D eigenvalue weighted by Gasteiger charge is 2.27. The van der Waals surface area contributed by atoms with E-state index in [4.69, 9.17) is 4.74 Å². The molecule has 0 spiro atoms. The molecular formula is C15H25N3O. The summed E-state index contributed by atoms with van der Waals surface area (Å²) in [6.07, 6.45) is 9.39. The van der Waals surface area contributed by atoms with Crippen LogP contribution in [0, 0.1) is 5.92 Å². The lowest BCUT2D eigenvalue weighted by molar-refractivity contribution is 0.0290. The standard InChI is InChI=1S/C15H25N3O/c1-3-10-16-13-9-11-17-15(18-13)14(19-2)12-7-5-4-6-8-12/h9,11-12,14H,3-8,10H2,1-2H3,(H,16,17,18). The minimum absolute atomic E-state index is 0.0451. The summed E-state index contributed by atoms with van der Waals surface area (Å²) in [5.74, 6) is 2.31. The second-order valence-corrected chi connectivity index (χ2v) is 5.28. The number of rotatable bonds is 6. The molecule has 1 fully saturated rings. The van der Waals surface area contributed by atoms with Crippen molar-refractivity contribution < 1.29 is 4.74 Å². The summed E-state index contributed by atoms with van der Waals surface area (Å²) >= 11 is 0. The molecule has 1 heterocycles. The summed E-state index contributed by atoms with van der Waals surface area (Å²) in [6.45, 7) is 3.09. The largest absolute Gasteiger partial charge is 0.373 e. The van der Waals surface area contributed by atoms with Gasteiger partial charge in [0.2, 0.25) is 0 Å². The van der Waals surface area contributed by atoms with E-state index in [1.165, 1.54) is 32.1 Å². The number of methoxy groups -OCH3 is 1. The number of nitrogens with zero attached hydrogens (tertiary/aromatic N) is 2. The molecular weight excluding hydrogens is 238 g/mol. The molecule has 0 amide bonds. The van der Waals surface area contributed by atoms with Gasteiger partial charge in [0.1, 0.15) is 11.9 Å². The number of anilines is 1. The molecule has 2 rings (SSSR count). The number of hydrogen-bond acceptors (Lipinski definition) is 4. The minimum atomic E-state index is 0.0451. The normalized spacial score (nSPS) is 18.2. The van der Waals surface area contributed by atoms with Crippen molar-refractivity contribution >= 4 is 5.82 Å². The van der Waals surface area contributed by atoms with Gasteiger partial charge < -0.3 is 10.1 Å². The van der Waals surface area contributed by atoms with Gasteiger partial charge in [0.15, 0.2) is 5.82 Å². The van der Waals surface area contributed by atoms with E-state index in [2.05, 4.69) is 22.2 Å². The molecule has 0 saturated heterocycles. The third-order valence-corrected chi connectivity index (χ3v) is 3.82. The van der Waals surface area contributed by atoms with Gasteiger partial charge in [0.05, 0.1) is 0 Å². The van der Waals surface area contributed by atoms with Crippen LogP contribution in [0.1, 0.15) is 57.4 Å². The van der Waals surface area contributed by atoms with Crippen molar-refractivity contribution in [3.63, 3.8) is 0 Å². The van der Waals surface area contributed by atoms with Crippen LogP contribution in [0.2, 0.25) is 0 Å². The maximum atomic E-state index is 5.68. The van der Waals surface area contributed by atoms with Crippen molar-refractivity contribution in [2.24, 2.45) is 5.92 Å². The van der Waals surface area contributed by atoms with Gasteiger partial charge in [-0.05, 0) is 31.2 Å². The number of nitrogens with one attached hydrogen (secondary N) is 1. The first-order valence-corrected chi connectivity index (χ1v) is 7.44. The fourth-order valence-corrected chi connectivity index (χ4v) is 2.81. The Labute approximate surface area is 116 Å². The second-order valence-electron chi connectivity index (χ2n) is 5.28. The van der Waals surface area contributed by atoms with E-state index in [1.807, 2.05) is 12.3 Å². The van der Waals surface area contributed by atoms with Crippen LogP contribution in [0.15, 0.2) is 12.3 Å². The molecule has 106 valence electrons. The summed E-state index contributed by atoms with van der Waals surface area (Å²) in [5.41, 5.74) is 0. The Hall–Kier alpha value is -1.16. The summed E-state index contributed by atoms with van der Waals surface area (Å²) in [6, 6.07) is 1.92. The first-order valence-electron chi connectivity index (χ1n) is 7.44. The lowest BCUT2D eigenvalue weighted by atomic mass is 9.85. The van der Waals surface area contributed by atoms with Crippen molar-refractivity contribution in [1.29, 1.82) is 0 Å². The lowest BCUT2D eigenvalue weighted by Gasteiger charge is -2.28. The smallest absolute Gasteiger partial charge is 0.159 e. The lowest BCUT2D eigenvalue weighted by Crippen LogP contribution is -2.20. The average molecular weight is 263 g/mol. The summed E-state index contributed by atoms with van der Waals surface area (Å²) in [5, 5.41) is 3.31. The Bertz CT molecular complexity index is 377. The number of aromatic nitrogens is 2. The van der Waals surface area contributed by atoms with Crippen LogP contribution in [-0.2, 0) is 4.74 Å². The van der Waals surface area contributed by atoms with Crippen molar-refractivity contribution in [1.82, 2.24) is 9.97 Å². The summed E-state index contributed by atoms with van der Waals surface area (Å²) < 4.78 is 5.68. The fourth-order valence-electron chi connectivity index (χ4n) is 2.81. The monoisotopic (exact) mass is 263 g/mol. The van der Waals surface area contributed by atoms with Crippen LogP contribution in [0.25, 0.3) is 0 Å². The summed E-state index contributed by atoms with van der Waals surface area (Å²) in [7, 11) is 1.77. The Kier molecular flexibility index (Phi) is 5.58. The van der Waals surface area contributed by atoms with Gasteiger partial charge in [-0.15, -0.1) is 0 Å². The molecule has 0 aliphatic heterocycles. The Morgan fingerprint density at radius 3 is 2.84 bits per heavy atom. The van der Waals surface area contributed by atoms with Crippen LogP contribution in [0.4, 0.5) is 5.82 Å². The fraction of sp³-hybridized carbons (Fsp3) is 0.733. The first kappa shape index (κ1) is 14.3. The SMILES string of the molecule is CCCNc1ccnc(C(OC)C2CCCCC2)n1. The molecule has 1 aliphatic rings. The maximum absolute atomic E-state index is 5.68. The van der Waals surface area contributed by atoms with E-state index in [0.29, 0.717) is 5.92 Å². The van der Waals surface area contributed by atoms with E-state index in [1.54, 1.807) is 7.11 Å². The van der Waals surface area contributed by atoms with Crippen LogP contribution in [0.3, 0.4) is 0 Å². The quantitative estimate of drug-likeness (QED) is 0.852. The van der Waals surface area contributed by atoms with Gasteiger partial charge in [0.25, 0.3) is 0 Å². The highest BCUT2D eigenvalue weighted by molar-refractivity contribution is 5.33. The molecule has 1 aromatic rings. The number of hydrogen-bond donors (Lipinski definition) is 1. The van der Waals surface area contributed by atoms with Crippen molar-refractivity contribution in [2.45, 2.75) is 51.6 Å². The third kappa shape index (κ3) is 3.90. The molecule has 0 radical (unpaired) electrons. The number of ether oxygens (including phenoxy) is 1. The molecule has 1 aromatic heterocycles. The Morgan fingerprint density at radius 1 is 1.37 bits per heavy atom. The van der Waals surface area contributed by atoms with Crippen LogP contribution >= 0.6 is 0 Å². The van der Waals surface area contributed by atoms with E-state index in [-0.39, 0.29) is 6.10 Å². The topological polar surface area (TPSA) is 47.0 Å². The summed E-state index contributed by atoms with van der Waals surface area (Å²) in [4.78, 5) is 9.03. The molecule has 1 N–H and O–H groups in total. The molecule has 19 heavy (non-hydrogen) atoms.